The smallest absolute Gasteiger partial charge is 0.323 e. The number of esters is 1. The van der Waals surface area contributed by atoms with E-state index in [1.165, 1.54) is 11.8 Å². The Morgan fingerprint density at radius 3 is 2.45 bits per heavy atom. The number of furan rings is 1. The van der Waals surface area contributed by atoms with E-state index < -0.39 is 11.2 Å². The van der Waals surface area contributed by atoms with E-state index in [2.05, 4.69) is 5.32 Å². The predicted molar refractivity (Wildman–Crippen MR) is 118 cm³/mol. The number of hydrogen-bond acceptors (Lipinski definition) is 5. The number of aryl methyl sites for hydroxylation is 1. The fourth-order valence-electron chi connectivity index (χ4n) is 3.13. The molecule has 0 bridgehead atoms. The molecule has 2 aromatic carbocycles. The lowest BCUT2D eigenvalue weighted by molar-refractivity contribution is -0.142. The second kappa shape index (κ2) is 9.11. The van der Waals surface area contributed by atoms with Gasteiger partial charge in [-0.3, -0.25) is 9.59 Å². The molecule has 29 heavy (non-hydrogen) atoms. The van der Waals surface area contributed by atoms with Gasteiger partial charge in [0.05, 0.1) is 27.9 Å². The first-order valence-corrected chi connectivity index (χ1v) is 10.9. The van der Waals surface area contributed by atoms with Gasteiger partial charge >= 0.3 is 5.97 Å². The number of ether oxygens (including phenoxy) is 1. The van der Waals surface area contributed by atoms with Crippen molar-refractivity contribution >= 4 is 63.5 Å². The van der Waals surface area contributed by atoms with Gasteiger partial charge in [0.1, 0.15) is 11.0 Å². The zero-order valence-corrected chi connectivity index (χ0v) is 18.4. The summed E-state index contributed by atoms with van der Waals surface area (Å²) in [5.74, 6) is -0.191. The second-order valence-corrected chi connectivity index (χ2v) is 7.93. The fourth-order valence-corrected chi connectivity index (χ4v) is 4.49. The lowest BCUT2D eigenvalue weighted by Crippen LogP contribution is -2.14. The van der Waals surface area contributed by atoms with Gasteiger partial charge in [-0.05, 0) is 38.3 Å². The van der Waals surface area contributed by atoms with Crippen LogP contribution in [0.5, 0.6) is 0 Å². The molecule has 3 aromatic rings. The largest absolute Gasteiger partial charge is 0.465 e. The number of carbonyl (C=O) groups excluding carboxylic acids is 2. The molecule has 5 nitrogen and oxygen atoms in total. The van der Waals surface area contributed by atoms with Crippen LogP contribution in [0.2, 0.25) is 10.0 Å². The highest BCUT2D eigenvalue weighted by molar-refractivity contribution is 7.99. The summed E-state index contributed by atoms with van der Waals surface area (Å²) in [5.41, 5.74) is 1.85. The average Bonchev–Trinajstić information content (AvgIpc) is 3.00. The summed E-state index contributed by atoms with van der Waals surface area (Å²) < 4.78 is 11.1. The van der Waals surface area contributed by atoms with Crippen molar-refractivity contribution in [2.45, 2.75) is 19.1 Å². The van der Waals surface area contributed by atoms with Crippen LogP contribution in [0.15, 0.2) is 40.8 Å². The third-order valence-corrected chi connectivity index (χ3v) is 5.91. The molecule has 0 saturated heterocycles. The first kappa shape index (κ1) is 21.6. The molecule has 0 spiro atoms. The van der Waals surface area contributed by atoms with E-state index in [-0.39, 0.29) is 21.6 Å². The third-order valence-electron chi connectivity index (χ3n) is 4.38. The quantitative estimate of drug-likeness (QED) is 0.447. The number of amides is 1. The number of benzene rings is 2. The zero-order valence-electron chi connectivity index (χ0n) is 16.0. The first-order valence-electron chi connectivity index (χ1n) is 8.85. The van der Waals surface area contributed by atoms with Crippen molar-refractivity contribution in [2.24, 2.45) is 0 Å². The molecule has 8 heteroatoms. The number of fused-ring (bicyclic) bond motifs is 1. The molecule has 0 fully saturated rings. The van der Waals surface area contributed by atoms with Crippen LogP contribution in [-0.2, 0) is 9.53 Å². The van der Waals surface area contributed by atoms with Gasteiger partial charge in [0, 0.05) is 10.9 Å². The van der Waals surface area contributed by atoms with Crippen LogP contribution in [0, 0.1) is 6.92 Å². The number of carbonyl (C=O) groups is 2. The Labute approximate surface area is 182 Å². The van der Waals surface area contributed by atoms with E-state index in [0.29, 0.717) is 23.6 Å². The number of hydrogen-bond donors (Lipinski definition) is 1. The maximum atomic E-state index is 12.8. The van der Waals surface area contributed by atoms with Gasteiger partial charge in [-0.1, -0.05) is 41.4 Å². The number of thioether (sulfide) groups is 1. The number of para-hydroxylation sites is 1. The topological polar surface area (TPSA) is 68.5 Å². The molecule has 1 unspecified atom stereocenters. The van der Waals surface area contributed by atoms with Crippen molar-refractivity contribution in [3.8, 4) is 0 Å². The molecule has 1 aromatic heterocycles. The summed E-state index contributed by atoms with van der Waals surface area (Å²) in [7, 11) is 0. The zero-order chi connectivity index (χ0) is 21.1. The number of rotatable bonds is 6. The Balaban J connectivity index is 2.03. The number of anilines is 1. The van der Waals surface area contributed by atoms with Gasteiger partial charge < -0.3 is 14.5 Å². The van der Waals surface area contributed by atoms with Crippen LogP contribution in [-0.4, -0.2) is 24.7 Å². The Kier molecular flexibility index (Phi) is 6.77. The Hall–Kier alpha value is -2.15. The van der Waals surface area contributed by atoms with E-state index in [4.69, 9.17) is 32.4 Å². The predicted octanol–water partition coefficient (Wildman–Crippen LogP) is 6.27. The van der Waals surface area contributed by atoms with Crippen molar-refractivity contribution in [1.82, 2.24) is 0 Å². The van der Waals surface area contributed by atoms with Crippen LogP contribution < -0.4 is 5.32 Å². The normalized spacial score (nSPS) is 12.0. The molecule has 1 amide bonds. The summed E-state index contributed by atoms with van der Waals surface area (Å²) in [6, 6.07) is 10.2. The molecule has 0 radical (unpaired) electrons. The van der Waals surface area contributed by atoms with Crippen molar-refractivity contribution in [2.75, 3.05) is 18.2 Å². The van der Waals surface area contributed by atoms with Gasteiger partial charge in [0.2, 0.25) is 0 Å². The Morgan fingerprint density at radius 1 is 1.17 bits per heavy atom. The summed E-state index contributed by atoms with van der Waals surface area (Å²) in [5, 5.41) is 3.52. The molecule has 0 aliphatic carbocycles. The third kappa shape index (κ3) is 4.25. The maximum Gasteiger partial charge on any atom is 0.323 e. The minimum absolute atomic E-state index is 0.185. The monoisotopic (exact) mass is 451 g/mol. The molecular weight excluding hydrogens is 433 g/mol. The van der Waals surface area contributed by atoms with Crippen LogP contribution >= 0.6 is 35.0 Å². The lowest BCUT2D eigenvalue weighted by Gasteiger charge is -2.13. The lowest BCUT2D eigenvalue weighted by atomic mass is 10.1. The van der Waals surface area contributed by atoms with Gasteiger partial charge in [-0.25, -0.2) is 0 Å². The van der Waals surface area contributed by atoms with Crippen LogP contribution in [0.1, 0.15) is 33.9 Å². The molecule has 0 aliphatic rings. The highest BCUT2D eigenvalue weighted by Crippen LogP contribution is 2.40. The summed E-state index contributed by atoms with van der Waals surface area (Å²) in [6.07, 6.45) is 1.84. The Bertz CT molecular complexity index is 1060. The molecule has 152 valence electrons. The minimum atomic E-state index is -0.528. The van der Waals surface area contributed by atoms with E-state index in [1.54, 1.807) is 44.2 Å². The van der Waals surface area contributed by atoms with Crippen LogP contribution in [0.3, 0.4) is 0 Å². The summed E-state index contributed by atoms with van der Waals surface area (Å²) >= 11 is 13.6. The van der Waals surface area contributed by atoms with Gasteiger partial charge in [0.25, 0.3) is 5.91 Å². The van der Waals surface area contributed by atoms with Crippen molar-refractivity contribution < 1.29 is 18.7 Å². The summed E-state index contributed by atoms with van der Waals surface area (Å²) in [4.78, 5) is 25.2. The van der Waals surface area contributed by atoms with Crippen LogP contribution in [0.4, 0.5) is 5.69 Å². The highest BCUT2D eigenvalue weighted by Gasteiger charge is 2.28. The second-order valence-electron chi connectivity index (χ2n) is 6.17. The minimum Gasteiger partial charge on any atom is -0.465 e. The average molecular weight is 452 g/mol. The molecule has 0 saturated carbocycles. The van der Waals surface area contributed by atoms with Crippen molar-refractivity contribution in [1.29, 1.82) is 0 Å². The number of nitrogens with one attached hydrogen (secondary N) is 1. The maximum absolute atomic E-state index is 12.8. The molecule has 1 heterocycles. The highest BCUT2D eigenvalue weighted by atomic mass is 35.5. The van der Waals surface area contributed by atoms with Gasteiger partial charge in [-0.2, -0.15) is 0 Å². The molecule has 1 atom stereocenters. The molecule has 3 rings (SSSR count). The molecular formula is C21H19Cl2NO4S. The molecule has 0 aliphatic heterocycles. The standard InChI is InChI=1S/C21H19Cl2NO4S/c1-4-27-21(26)19(29-3)16-11(2)28-18-12(16)7-5-10-15(18)24-20(25)17-13(22)8-6-9-14(17)23/h5-10,19H,4H2,1-3H3,(H,24,25). The van der Waals surface area contributed by atoms with Crippen LogP contribution in [0.25, 0.3) is 11.0 Å². The van der Waals surface area contributed by atoms with Gasteiger partial charge in [-0.15, -0.1) is 11.8 Å². The van der Waals surface area contributed by atoms with Crippen molar-refractivity contribution in [3.63, 3.8) is 0 Å². The first-order chi connectivity index (χ1) is 13.9. The summed E-state index contributed by atoms with van der Waals surface area (Å²) in [6.45, 7) is 3.85. The van der Waals surface area contributed by atoms with Gasteiger partial charge in [0.15, 0.2) is 5.58 Å². The number of halogens is 2. The van der Waals surface area contributed by atoms with E-state index in [9.17, 15) is 9.59 Å². The fraction of sp³-hybridized carbons (Fsp3) is 0.238. The SMILES string of the molecule is CCOC(=O)C(SC)c1c(C)oc2c(NC(=O)c3c(Cl)cccc3Cl)cccc12. The van der Waals surface area contributed by atoms with E-state index >= 15 is 0 Å². The van der Waals surface area contributed by atoms with Crippen molar-refractivity contribution in [3.05, 3.63) is 63.3 Å². The molecule has 1 N–H and O–H groups in total. The Morgan fingerprint density at radius 2 is 1.83 bits per heavy atom. The van der Waals surface area contributed by atoms with E-state index in [0.717, 1.165) is 10.9 Å². The van der Waals surface area contributed by atoms with E-state index in [1.807, 2.05) is 12.3 Å².